The zero-order valence-corrected chi connectivity index (χ0v) is 16.1. The molecule has 150 valence electrons. The molecule has 0 radical (unpaired) electrons. The van der Waals surface area contributed by atoms with E-state index in [-0.39, 0.29) is 12.5 Å². The molecule has 27 heavy (non-hydrogen) atoms. The fraction of sp³-hybridized carbons (Fsp3) is 0.632. The Morgan fingerprint density at radius 2 is 2.22 bits per heavy atom. The van der Waals surface area contributed by atoms with E-state index in [9.17, 15) is 4.79 Å². The molecule has 0 saturated carbocycles. The fourth-order valence-electron chi connectivity index (χ4n) is 2.67. The van der Waals surface area contributed by atoms with Crippen molar-refractivity contribution in [3.63, 3.8) is 0 Å². The predicted molar refractivity (Wildman–Crippen MR) is 106 cm³/mol. The van der Waals surface area contributed by atoms with Gasteiger partial charge in [0, 0.05) is 45.7 Å². The minimum absolute atomic E-state index is 0.0461. The van der Waals surface area contributed by atoms with Crippen LogP contribution in [0.2, 0.25) is 0 Å². The Balaban J connectivity index is 1.60. The van der Waals surface area contributed by atoms with E-state index in [1.807, 2.05) is 6.92 Å². The van der Waals surface area contributed by atoms with Crippen LogP contribution in [0.3, 0.4) is 0 Å². The summed E-state index contributed by atoms with van der Waals surface area (Å²) >= 11 is 0. The Morgan fingerprint density at radius 1 is 1.37 bits per heavy atom. The Bertz CT molecular complexity index is 562. The Kier molecular flexibility index (Phi) is 10.2. The predicted octanol–water partition coefficient (Wildman–Crippen LogP) is 1.41. The smallest absolute Gasteiger partial charge is 0.246 e. The van der Waals surface area contributed by atoms with Gasteiger partial charge in [-0.25, -0.2) is 4.99 Å². The number of nitrogens with one attached hydrogen (secondary N) is 3. The van der Waals surface area contributed by atoms with Crippen LogP contribution in [0.15, 0.2) is 29.5 Å². The van der Waals surface area contributed by atoms with Gasteiger partial charge in [0.2, 0.25) is 5.91 Å². The lowest BCUT2D eigenvalue weighted by Crippen LogP contribution is -2.38. The van der Waals surface area contributed by atoms with Crippen LogP contribution in [0.4, 0.5) is 5.69 Å². The highest BCUT2D eigenvalue weighted by Gasteiger charge is 2.13. The van der Waals surface area contributed by atoms with Gasteiger partial charge in [0.15, 0.2) is 5.96 Å². The van der Waals surface area contributed by atoms with Gasteiger partial charge in [-0.15, -0.1) is 0 Å². The maximum Gasteiger partial charge on any atom is 0.246 e. The molecule has 0 aromatic carbocycles. The average molecular weight is 377 g/mol. The molecule has 3 N–H and O–H groups in total. The molecule has 0 unspecified atom stereocenters. The second-order valence-electron chi connectivity index (χ2n) is 6.40. The zero-order valence-electron chi connectivity index (χ0n) is 16.1. The van der Waals surface area contributed by atoms with Crippen LogP contribution in [0, 0.1) is 5.92 Å². The van der Waals surface area contributed by atoms with Gasteiger partial charge in [0.1, 0.15) is 6.54 Å². The van der Waals surface area contributed by atoms with Crippen LogP contribution in [0.25, 0.3) is 0 Å². The van der Waals surface area contributed by atoms with E-state index >= 15 is 0 Å². The average Bonchev–Trinajstić information content (AvgIpc) is 2.70. The summed E-state index contributed by atoms with van der Waals surface area (Å²) in [5.41, 5.74) is 0.664. The van der Waals surface area contributed by atoms with Crippen molar-refractivity contribution in [2.45, 2.75) is 26.2 Å². The molecule has 8 heteroatoms. The molecule has 0 atom stereocenters. The van der Waals surface area contributed by atoms with E-state index < -0.39 is 0 Å². The number of aliphatic imine (C=N–C) groups is 1. The summed E-state index contributed by atoms with van der Waals surface area (Å²) in [7, 11) is 0. The molecule has 0 spiro atoms. The number of nitrogens with zero attached hydrogens (tertiary/aromatic N) is 2. The number of carbonyl (C=O) groups is 1. The summed E-state index contributed by atoms with van der Waals surface area (Å²) in [6.07, 6.45) is 6.34. The molecule has 0 aliphatic carbocycles. The van der Waals surface area contributed by atoms with Gasteiger partial charge in [-0.05, 0) is 44.2 Å². The molecular weight excluding hydrogens is 346 g/mol. The van der Waals surface area contributed by atoms with Crippen LogP contribution < -0.4 is 16.0 Å². The number of carbonyl (C=O) groups excluding carboxylic acids is 1. The van der Waals surface area contributed by atoms with E-state index in [0.717, 1.165) is 52.2 Å². The van der Waals surface area contributed by atoms with Crippen molar-refractivity contribution >= 4 is 17.6 Å². The number of hydrogen-bond acceptors (Lipinski definition) is 5. The van der Waals surface area contributed by atoms with Gasteiger partial charge in [-0.3, -0.25) is 9.78 Å². The minimum atomic E-state index is -0.181. The van der Waals surface area contributed by atoms with Crippen LogP contribution in [0.5, 0.6) is 0 Å². The molecule has 1 amide bonds. The highest BCUT2D eigenvalue weighted by Crippen LogP contribution is 2.14. The topological polar surface area (TPSA) is 96.9 Å². The lowest BCUT2D eigenvalue weighted by Gasteiger charge is -2.21. The lowest BCUT2D eigenvalue weighted by molar-refractivity contribution is -0.114. The van der Waals surface area contributed by atoms with Gasteiger partial charge in [-0.1, -0.05) is 0 Å². The molecule has 0 bridgehead atoms. The van der Waals surface area contributed by atoms with Crippen molar-refractivity contribution in [1.82, 2.24) is 15.6 Å². The summed E-state index contributed by atoms with van der Waals surface area (Å²) in [6, 6.07) is 3.56. The Hall–Kier alpha value is -2.19. The molecule has 1 aliphatic heterocycles. The summed E-state index contributed by atoms with van der Waals surface area (Å²) < 4.78 is 11.1. The van der Waals surface area contributed by atoms with Gasteiger partial charge < -0.3 is 25.4 Å². The SMILES string of the molecule is CCNC(=NCC(=O)Nc1cccnc1)NCCCOCC1CCOCC1. The Morgan fingerprint density at radius 3 is 2.96 bits per heavy atom. The molecule has 1 aromatic heterocycles. The number of pyridine rings is 1. The highest BCUT2D eigenvalue weighted by molar-refractivity contribution is 5.93. The van der Waals surface area contributed by atoms with E-state index in [1.165, 1.54) is 0 Å². The molecule has 2 rings (SSSR count). The molecule has 2 heterocycles. The van der Waals surface area contributed by atoms with E-state index in [4.69, 9.17) is 9.47 Å². The fourth-order valence-corrected chi connectivity index (χ4v) is 2.67. The lowest BCUT2D eigenvalue weighted by atomic mass is 10.0. The molecule has 1 aromatic rings. The minimum Gasteiger partial charge on any atom is -0.381 e. The number of ether oxygens (including phenoxy) is 2. The molecule has 1 fully saturated rings. The third kappa shape index (κ3) is 9.35. The second-order valence-corrected chi connectivity index (χ2v) is 6.40. The van der Waals surface area contributed by atoms with E-state index in [0.29, 0.717) is 24.2 Å². The van der Waals surface area contributed by atoms with Crippen molar-refractivity contribution in [3.8, 4) is 0 Å². The summed E-state index contributed by atoms with van der Waals surface area (Å²) in [4.78, 5) is 20.2. The summed E-state index contributed by atoms with van der Waals surface area (Å²) in [6.45, 7) is 6.74. The first-order valence-corrected chi connectivity index (χ1v) is 9.65. The van der Waals surface area contributed by atoms with Crippen molar-refractivity contribution in [1.29, 1.82) is 0 Å². The number of amides is 1. The maximum absolute atomic E-state index is 12.0. The molecule has 1 aliphatic rings. The highest BCUT2D eigenvalue weighted by atomic mass is 16.5. The number of guanidine groups is 1. The van der Waals surface area contributed by atoms with Gasteiger partial charge in [0.05, 0.1) is 11.9 Å². The third-order valence-corrected chi connectivity index (χ3v) is 4.12. The van der Waals surface area contributed by atoms with Crippen LogP contribution in [0.1, 0.15) is 26.2 Å². The molecule has 8 nitrogen and oxygen atoms in total. The van der Waals surface area contributed by atoms with Gasteiger partial charge in [0.25, 0.3) is 0 Å². The first-order chi connectivity index (χ1) is 13.3. The number of hydrogen-bond donors (Lipinski definition) is 3. The number of aromatic nitrogens is 1. The molecular formula is C19H31N5O3. The first kappa shape index (κ1) is 21.1. The van der Waals surface area contributed by atoms with Crippen LogP contribution in [-0.2, 0) is 14.3 Å². The number of anilines is 1. The monoisotopic (exact) mass is 377 g/mol. The second kappa shape index (κ2) is 13.1. The zero-order chi connectivity index (χ0) is 19.2. The first-order valence-electron chi connectivity index (χ1n) is 9.65. The van der Waals surface area contributed by atoms with Crippen molar-refractivity contribution < 1.29 is 14.3 Å². The largest absolute Gasteiger partial charge is 0.381 e. The van der Waals surface area contributed by atoms with Crippen LogP contribution in [-0.4, -0.2) is 62.9 Å². The maximum atomic E-state index is 12.0. The van der Waals surface area contributed by atoms with Crippen molar-refractivity contribution in [2.24, 2.45) is 10.9 Å². The normalized spacial score (nSPS) is 15.4. The van der Waals surface area contributed by atoms with Gasteiger partial charge >= 0.3 is 0 Å². The van der Waals surface area contributed by atoms with E-state index in [2.05, 4.69) is 25.9 Å². The van der Waals surface area contributed by atoms with Crippen molar-refractivity contribution in [3.05, 3.63) is 24.5 Å². The third-order valence-electron chi connectivity index (χ3n) is 4.12. The quantitative estimate of drug-likeness (QED) is 0.324. The number of rotatable bonds is 10. The standard InChI is InChI=1S/C19H31N5O3/c1-2-21-19(23-14-18(25)24-17-5-3-8-20-13-17)22-9-4-10-27-15-16-6-11-26-12-7-16/h3,5,8,13,16H,2,4,6-7,9-12,14-15H2,1H3,(H,24,25)(H2,21,22,23). The summed E-state index contributed by atoms with van der Waals surface area (Å²) in [5.74, 6) is 1.08. The Labute approximate surface area is 161 Å². The van der Waals surface area contributed by atoms with Gasteiger partial charge in [-0.2, -0.15) is 0 Å². The van der Waals surface area contributed by atoms with Crippen LogP contribution >= 0.6 is 0 Å². The summed E-state index contributed by atoms with van der Waals surface area (Å²) in [5, 5.41) is 9.12. The van der Waals surface area contributed by atoms with E-state index in [1.54, 1.807) is 24.5 Å². The molecule has 1 saturated heterocycles. The van der Waals surface area contributed by atoms with Crippen molar-refractivity contribution in [2.75, 3.05) is 51.4 Å².